The molecule has 1 N–H and O–H groups in total. The van der Waals surface area contributed by atoms with Crippen LogP contribution >= 0.6 is 0 Å². The zero-order valence-corrected chi connectivity index (χ0v) is 11.1. The summed E-state index contributed by atoms with van der Waals surface area (Å²) in [4.78, 5) is 16.2. The van der Waals surface area contributed by atoms with Gasteiger partial charge in [0.25, 0.3) is 5.91 Å². The Hall–Kier alpha value is -2.34. The first-order chi connectivity index (χ1) is 9.16. The maximum Gasteiger partial charge on any atom is 0.270 e. The van der Waals surface area contributed by atoms with E-state index in [1.807, 2.05) is 44.2 Å². The molecule has 0 spiro atoms. The van der Waals surface area contributed by atoms with Crippen molar-refractivity contribution in [2.45, 2.75) is 13.8 Å². The number of para-hydroxylation sites is 1. The number of carbonyl (C=O) groups is 1. The first kappa shape index (κ1) is 13.1. The Morgan fingerprint density at radius 1 is 1.26 bits per heavy atom. The van der Waals surface area contributed by atoms with Crippen molar-refractivity contribution < 1.29 is 4.79 Å². The first-order valence-corrected chi connectivity index (χ1v) is 6.29. The van der Waals surface area contributed by atoms with E-state index in [4.69, 9.17) is 0 Å². The standard InChI is InChI=1S/C16H16N2O/c1-12(2)6-5-11-17-16(19)15-10-9-13-7-3-4-8-14(13)18-15/h3-4,7-10,12H,11H2,1-2H3,(H,17,19). The number of carbonyl (C=O) groups excluding carboxylic acids is 1. The van der Waals surface area contributed by atoms with Crippen molar-refractivity contribution in [1.82, 2.24) is 10.3 Å². The lowest BCUT2D eigenvalue weighted by Gasteiger charge is -2.02. The van der Waals surface area contributed by atoms with Crippen molar-refractivity contribution >= 4 is 16.8 Å². The van der Waals surface area contributed by atoms with Crippen molar-refractivity contribution in [2.75, 3.05) is 6.54 Å². The molecule has 96 valence electrons. The van der Waals surface area contributed by atoms with Gasteiger partial charge in [-0.25, -0.2) is 4.98 Å². The van der Waals surface area contributed by atoms with Crippen molar-refractivity contribution in [1.29, 1.82) is 0 Å². The average molecular weight is 252 g/mol. The SMILES string of the molecule is CC(C)C#CCNC(=O)c1ccc2ccccc2n1. The van der Waals surface area contributed by atoms with Gasteiger partial charge in [0.1, 0.15) is 5.69 Å². The molecular formula is C16H16N2O. The number of pyridine rings is 1. The quantitative estimate of drug-likeness (QED) is 0.835. The second-order valence-corrected chi connectivity index (χ2v) is 4.55. The van der Waals surface area contributed by atoms with Crippen LogP contribution in [0.25, 0.3) is 10.9 Å². The van der Waals surface area contributed by atoms with E-state index >= 15 is 0 Å². The Labute approximate surface area is 113 Å². The van der Waals surface area contributed by atoms with E-state index in [9.17, 15) is 4.79 Å². The van der Waals surface area contributed by atoms with E-state index in [1.54, 1.807) is 6.07 Å². The number of fused-ring (bicyclic) bond motifs is 1. The van der Waals surface area contributed by atoms with Crippen molar-refractivity contribution in [3.8, 4) is 11.8 Å². The summed E-state index contributed by atoms with van der Waals surface area (Å²) in [6.07, 6.45) is 0. The van der Waals surface area contributed by atoms with Crippen LogP contribution in [0.2, 0.25) is 0 Å². The number of nitrogens with one attached hydrogen (secondary N) is 1. The van der Waals surface area contributed by atoms with E-state index in [0.717, 1.165) is 10.9 Å². The summed E-state index contributed by atoms with van der Waals surface area (Å²) in [5, 5.41) is 3.77. The molecule has 1 aromatic carbocycles. The molecule has 0 unspecified atom stereocenters. The highest BCUT2D eigenvalue weighted by molar-refractivity contribution is 5.94. The third kappa shape index (κ3) is 3.56. The second-order valence-electron chi connectivity index (χ2n) is 4.55. The topological polar surface area (TPSA) is 42.0 Å². The number of benzene rings is 1. The van der Waals surface area contributed by atoms with Crippen LogP contribution in [0, 0.1) is 17.8 Å². The summed E-state index contributed by atoms with van der Waals surface area (Å²) in [7, 11) is 0. The highest BCUT2D eigenvalue weighted by Crippen LogP contribution is 2.11. The predicted octanol–water partition coefficient (Wildman–Crippen LogP) is 2.62. The van der Waals surface area contributed by atoms with Gasteiger partial charge in [-0.05, 0) is 12.1 Å². The molecule has 0 saturated carbocycles. The Morgan fingerprint density at radius 3 is 2.84 bits per heavy atom. The highest BCUT2D eigenvalue weighted by atomic mass is 16.1. The third-order valence-corrected chi connectivity index (χ3v) is 2.56. The van der Waals surface area contributed by atoms with Gasteiger partial charge >= 0.3 is 0 Å². The van der Waals surface area contributed by atoms with E-state index in [0.29, 0.717) is 18.2 Å². The summed E-state index contributed by atoms with van der Waals surface area (Å²) in [5.41, 5.74) is 1.24. The van der Waals surface area contributed by atoms with Gasteiger partial charge in [-0.1, -0.05) is 50.0 Å². The van der Waals surface area contributed by atoms with E-state index in [1.165, 1.54) is 0 Å². The molecule has 3 nitrogen and oxygen atoms in total. The third-order valence-electron chi connectivity index (χ3n) is 2.56. The zero-order valence-electron chi connectivity index (χ0n) is 11.1. The van der Waals surface area contributed by atoms with Crippen LogP contribution in [0.15, 0.2) is 36.4 Å². The molecule has 19 heavy (non-hydrogen) atoms. The van der Waals surface area contributed by atoms with Gasteiger partial charge in [0.05, 0.1) is 12.1 Å². The molecule has 0 bridgehead atoms. The summed E-state index contributed by atoms with van der Waals surface area (Å²) in [5.74, 6) is 6.03. The van der Waals surface area contributed by atoms with Gasteiger partial charge in [0, 0.05) is 11.3 Å². The Kier molecular flexibility index (Phi) is 4.15. The Morgan fingerprint density at radius 2 is 2.05 bits per heavy atom. The fourth-order valence-electron chi connectivity index (χ4n) is 1.66. The maximum atomic E-state index is 11.9. The molecule has 0 atom stereocenters. The van der Waals surface area contributed by atoms with Crippen molar-refractivity contribution in [3.63, 3.8) is 0 Å². The predicted molar refractivity (Wildman–Crippen MR) is 76.7 cm³/mol. The lowest BCUT2D eigenvalue weighted by Crippen LogP contribution is -2.24. The van der Waals surface area contributed by atoms with Crippen LogP contribution in [0.4, 0.5) is 0 Å². The molecule has 0 aliphatic rings. The minimum absolute atomic E-state index is 0.191. The number of aromatic nitrogens is 1. The Balaban J connectivity index is 2.07. The summed E-state index contributed by atoms with van der Waals surface area (Å²) < 4.78 is 0. The number of hydrogen-bond donors (Lipinski definition) is 1. The average Bonchev–Trinajstić information content (AvgIpc) is 2.42. The smallest absolute Gasteiger partial charge is 0.270 e. The lowest BCUT2D eigenvalue weighted by molar-refractivity contribution is 0.0954. The van der Waals surface area contributed by atoms with Crippen LogP contribution in [0.1, 0.15) is 24.3 Å². The van der Waals surface area contributed by atoms with Crippen LogP contribution in [0.3, 0.4) is 0 Å². The first-order valence-electron chi connectivity index (χ1n) is 6.29. The molecule has 0 fully saturated rings. The molecule has 3 heteroatoms. The van der Waals surface area contributed by atoms with Gasteiger partial charge in [-0.2, -0.15) is 0 Å². The number of rotatable bonds is 2. The largest absolute Gasteiger partial charge is 0.340 e. The van der Waals surface area contributed by atoms with Gasteiger partial charge < -0.3 is 5.32 Å². The molecule has 1 heterocycles. The molecule has 1 aromatic heterocycles. The van der Waals surface area contributed by atoms with E-state index < -0.39 is 0 Å². The monoisotopic (exact) mass is 252 g/mol. The molecule has 2 aromatic rings. The van der Waals surface area contributed by atoms with Crippen LogP contribution in [-0.2, 0) is 0 Å². The highest BCUT2D eigenvalue weighted by Gasteiger charge is 2.06. The Bertz CT molecular complexity index is 650. The fraction of sp³-hybridized carbons (Fsp3) is 0.250. The molecule has 2 rings (SSSR count). The van der Waals surface area contributed by atoms with E-state index in [2.05, 4.69) is 22.1 Å². The van der Waals surface area contributed by atoms with Gasteiger partial charge in [-0.3, -0.25) is 4.79 Å². The van der Waals surface area contributed by atoms with E-state index in [-0.39, 0.29) is 5.91 Å². The van der Waals surface area contributed by atoms with Crippen LogP contribution in [-0.4, -0.2) is 17.4 Å². The van der Waals surface area contributed by atoms with Crippen LogP contribution in [0.5, 0.6) is 0 Å². The van der Waals surface area contributed by atoms with Crippen LogP contribution < -0.4 is 5.32 Å². The normalized spacial score (nSPS) is 10.1. The summed E-state index contributed by atoms with van der Waals surface area (Å²) in [6.45, 7) is 4.38. The number of hydrogen-bond acceptors (Lipinski definition) is 2. The summed E-state index contributed by atoms with van der Waals surface area (Å²) in [6, 6.07) is 11.4. The van der Waals surface area contributed by atoms with Gasteiger partial charge in [0.2, 0.25) is 0 Å². The zero-order chi connectivity index (χ0) is 13.7. The maximum absolute atomic E-state index is 11.9. The van der Waals surface area contributed by atoms with Gasteiger partial charge in [-0.15, -0.1) is 0 Å². The minimum atomic E-state index is -0.191. The lowest BCUT2D eigenvalue weighted by atomic mass is 10.2. The molecule has 0 aliphatic carbocycles. The minimum Gasteiger partial charge on any atom is -0.340 e. The fourth-order valence-corrected chi connectivity index (χ4v) is 1.66. The molecular weight excluding hydrogens is 236 g/mol. The summed E-state index contributed by atoms with van der Waals surface area (Å²) >= 11 is 0. The van der Waals surface area contributed by atoms with Gasteiger partial charge in [0.15, 0.2) is 0 Å². The number of nitrogens with zero attached hydrogens (tertiary/aromatic N) is 1. The number of amides is 1. The van der Waals surface area contributed by atoms with Crippen molar-refractivity contribution in [2.24, 2.45) is 5.92 Å². The molecule has 1 amide bonds. The molecule has 0 aliphatic heterocycles. The second kappa shape index (κ2) is 6.01. The van der Waals surface area contributed by atoms with Crippen molar-refractivity contribution in [3.05, 3.63) is 42.1 Å². The molecule has 0 radical (unpaired) electrons. The molecule has 0 saturated heterocycles.